The Hall–Kier alpha value is -2.91. The molecule has 0 spiro atoms. The van der Waals surface area contributed by atoms with Crippen molar-refractivity contribution in [3.63, 3.8) is 0 Å². The predicted octanol–water partition coefficient (Wildman–Crippen LogP) is 3.74. The summed E-state index contributed by atoms with van der Waals surface area (Å²) in [5.41, 5.74) is -4.26. The number of carbonyl (C=O) groups is 2. The minimum Gasteiger partial charge on any atom is -0.423 e. The van der Waals surface area contributed by atoms with Crippen molar-refractivity contribution >= 4 is 28.7 Å². The van der Waals surface area contributed by atoms with E-state index in [9.17, 15) is 19.8 Å². The van der Waals surface area contributed by atoms with Gasteiger partial charge in [-0.3, -0.25) is 9.59 Å². The van der Waals surface area contributed by atoms with Crippen molar-refractivity contribution in [3.05, 3.63) is 48.1 Å². The summed E-state index contributed by atoms with van der Waals surface area (Å²) < 4.78 is 39.2. The third-order valence-corrected chi connectivity index (χ3v) is 11.3. The Morgan fingerprint density at radius 1 is 1.23 bits per heavy atom. The van der Waals surface area contributed by atoms with Gasteiger partial charge in [0, 0.05) is 24.4 Å². The summed E-state index contributed by atoms with van der Waals surface area (Å²) in [7, 11) is 0. The molecule has 0 radical (unpaired) electrons. The molecule has 9 heteroatoms. The van der Waals surface area contributed by atoms with Crippen molar-refractivity contribution in [3.8, 4) is 0 Å². The molecule has 1 aromatic carbocycles. The lowest BCUT2D eigenvalue weighted by atomic mass is 9.43. The van der Waals surface area contributed by atoms with Crippen molar-refractivity contribution < 1.29 is 33.0 Å². The van der Waals surface area contributed by atoms with Crippen molar-refractivity contribution in [1.82, 2.24) is 4.98 Å². The van der Waals surface area contributed by atoms with Gasteiger partial charge in [0.25, 0.3) is 6.01 Å². The van der Waals surface area contributed by atoms with E-state index in [1.54, 1.807) is 6.92 Å². The van der Waals surface area contributed by atoms with E-state index >= 15 is 8.78 Å². The Morgan fingerprint density at radius 2 is 2.00 bits per heavy atom. The maximum absolute atomic E-state index is 17.5. The first-order chi connectivity index (χ1) is 18.5. The van der Waals surface area contributed by atoms with Crippen LogP contribution in [0.25, 0.3) is 11.1 Å². The van der Waals surface area contributed by atoms with Crippen LogP contribution in [0.15, 0.2) is 52.5 Å². The fourth-order valence-corrected chi connectivity index (χ4v) is 9.56. The fourth-order valence-electron chi connectivity index (χ4n) is 9.56. The Balaban J connectivity index is 1.32. The largest absolute Gasteiger partial charge is 0.423 e. The quantitative estimate of drug-likeness (QED) is 0.614. The van der Waals surface area contributed by atoms with Crippen LogP contribution in [-0.4, -0.2) is 64.4 Å². The van der Waals surface area contributed by atoms with Crippen molar-refractivity contribution in [1.29, 1.82) is 0 Å². The molecule has 1 aromatic heterocycles. The molecule has 3 saturated carbocycles. The van der Waals surface area contributed by atoms with E-state index in [1.807, 2.05) is 36.1 Å². The summed E-state index contributed by atoms with van der Waals surface area (Å²) in [5.74, 6) is -2.27. The Labute approximate surface area is 224 Å². The number of hydrogen-bond donors (Lipinski definition) is 2. The van der Waals surface area contributed by atoms with Gasteiger partial charge in [0.1, 0.15) is 18.3 Å². The normalized spacial score (nSPS) is 44.6. The number of benzene rings is 1. The topological polar surface area (TPSA) is 104 Å². The van der Waals surface area contributed by atoms with Crippen LogP contribution in [0.5, 0.6) is 0 Å². The van der Waals surface area contributed by atoms with Crippen molar-refractivity contribution in [2.24, 2.45) is 34.0 Å². The number of anilines is 1. The van der Waals surface area contributed by atoms with E-state index in [-0.39, 0.29) is 42.4 Å². The maximum Gasteiger partial charge on any atom is 0.298 e. The zero-order valence-corrected chi connectivity index (χ0v) is 21.9. The molecule has 2 heterocycles. The highest BCUT2D eigenvalue weighted by Crippen LogP contribution is 2.74. The zero-order valence-electron chi connectivity index (χ0n) is 21.9. The van der Waals surface area contributed by atoms with E-state index in [1.165, 1.54) is 18.2 Å². The number of hydrogen-bond acceptors (Lipinski definition) is 7. The van der Waals surface area contributed by atoms with Gasteiger partial charge in [-0.1, -0.05) is 25.1 Å². The minimum atomic E-state index is -2.20. The van der Waals surface area contributed by atoms with Gasteiger partial charge in [-0.25, -0.2) is 8.78 Å². The second-order valence-corrected chi connectivity index (χ2v) is 12.7. The predicted molar refractivity (Wildman–Crippen MR) is 138 cm³/mol. The number of fused-ring (bicyclic) bond motifs is 8. The number of halogens is 2. The Morgan fingerprint density at radius 3 is 2.74 bits per heavy atom. The number of para-hydroxylation sites is 2. The van der Waals surface area contributed by atoms with Crippen LogP contribution in [0.3, 0.4) is 0 Å². The average molecular weight is 539 g/mol. The summed E-state index contributed by atoms with van der Waals surface area (Å²) in [6, 6.07) is 7.76. The lowest BCUT2D eigenvalue weighted by Crippen LogP contribution is -2.69. The van der Waals surface area contributed by atoms with Crippen LogP contribution in [-0.2, 0) is 9.59 Å². The number of nitrogens with zero attached hydrogens (tertiary/aromatic N) is 2. The highest BCUT2D eigenvalue weighted by molar-refractivity contribution is 6.01. The highest BCUT2D eigenvalue weighted by Gasteiger charge is 2.78. The first-order valence-electron chi connectivity index (χ1n) is 13.7. The van der Waals surface area contributed by atoms with E-state index in [0.29, 0.717) is 30.1 Å². The average Bonchev–Trinajstić information content (AvgIpc) is 3.57. The van der Waals surface area contributed by atoms with Gasteiger partial charge in [-0.05, 0) is 73.3 Å². The number of carbonyl (C=O) groups excluding carboxylic acids is 2. The second kappa shape index (κ2) is 7.85. The van der Waals surface area contributed by atoms with E-state index in [2.05, 4.69) is 4.98 Å². The van der Waals surface area contributed by atoms with Gasteiger partial charge in [-0.2, -0.15) is 4.98 Å². The van der Waals surface area contributed by atoms with E-state index in [4.69, 9.17) is 4.42 Å². The molecule has 0 amide bonds. The SMILES string of the molecule is C[C@]12C=CC(=O)C=C1[C@@H](F)C[C@H]1C3C[C@H]4CN(c5nc6ccccc6o5)C[C@@]4(C(=O)CO)[C@@]3(C)C[C@H](O)[C@@]12F. The number of oxazole rings is 1. The fraction of sp³-hybridized carbons (Fsp3) is 0.567. The molecule has 1 aliphatic heterocycles. The molecule has 39 heavy (non-hydrogen) atoms. The molecule has 7 rings (SSSR count). The lowest BCUT2D eigenvalue weighted by molar-refractivity contribution is -0.210. The molecule has 2 aromatic rings. The lowest BCUT2D eigenvalue weighted by Gasteiger charge is -2.63. The van der Waals surface area contributed by atoms with Crippen molar-refractivity contribution in [2.45, 2.75) is 51.1 Å². The molecule has 5 aliphatic rings. The monoisotopic (exact) mass is 538 g/mol. The van der Waals surface area contributed by atoms with Gasteiger partial charge >= 0.3 is 0 Å². The number of aliphatic hydroxyl groups excluding tert-OH is 2. The van der Waals surface area contributed by atoms with Crippen LogP contribution in [0, 0.1) is 34.0 Å². The molecule has 4 fully saturated rings. The van der Waals surface area contributed by atoms with Crippen LogP contribution in [0.2, 0.25) is 0 Å². The number of aliphatic hydroxyl groups is 2. The van der Waals surface area contributed by atoms with Gasteiger partial charge in [0.05, 0.1) is 11.5 Å². The van der Waals surface area contributed by atoms with Gasteiger partial charge in [0.2, 0.25) is 0 Å². The Kier molecular flexibility index (Phi) is 5.05. The number of allylic oxidation sites excluding steroid dienone is 4. The molecule has 9 atom stereocenters. The van der Waals surface area contributed by atoms with Crippen molar-refractivity contribution in [2.75, 3.05) is 24.6 Å². The zero-order chi connectivity index (χ0) is 27.5. The number of alkyl halides is 2. The number of ketones is 2. The first kappa shape index (κ1) is 25.1. The summed E-state index contributed by atoms with van der Waals surface area (Å²) in [6.07, 6.45) is 1.11. The van der Waals surface area contributed by atoms with E-state index < -0.39 is 52.6 Å². The van der Waals surface area contributed by atoms with Gasteiger partial charge in [0.15, 0.2) is 22.8 Å². The summed E-state index contributed by atoms with van der Waals surface area (Å²) in [5, 5.41) is 21.8. The first-order valence-corrected chi connectivity index (χ1v) is 13.7. The highest BCUT2D eigenvalue weighted by atomic mass is 19.1. The van der Waals surface area contributed by atoms with Gasteiger partial charge < -0.3 is 19.5 Å². The molecule has 1 unspecified atom stereocenters. The second-order valence-electron chi connectivity index (χ2n) is 12.7. The molecule has 206 valence electrons. The molecular formula is C30H32F2N2O5. The number of aromatic nitrogens is 1. The smallest absolute Gasteiger partial charge is 0.298 e. The summed E-state index contributed by atoms with van der Waals surface area (Å²) in [6.45, 7) is 3.44. The third-order valence-electron chi connectivity index (χ3n) is 11.3. The molecule has 1 saturated heterocycles. The molecule has 0 bridgehead atoms. The number of rotatable bonds is 3. The third kappa shape index (κ3) is 2.85. The van der Waals surface area contributed by atoms with Crippen LogP contribution < -0.4 is 4.90 Å². The van der Waals surface area contributed by atoms with Crippen LogP contribution >= 0.6 is 0 Å². The maximum atomic E-state index is 17.5. The standard InChI is InChI=1S/C30H32F2N2O5/c1-27-8-7-17(36)10-20(27)21(31)11-19-18-9-16-13-34(26-33-22-5-3-4-6-23(22)39-26)15-29(16,25(38)14-35)28(18,2)12-24(37)30(19,27)32/h3-8,10,16,18-19,21,24,35,37H,9,11-15H2,1-2H3/t16-,18?,19-,21-,24-,27-,28-,29+,30-/m0/s1. The van der Waals surface area contributed by atoms with E-state index in [0.717, 1.165) is 0 Å². The Bertz CT molecular complexity index is 1440. The minimum absolute atomic E-state index is 0.0179. The summed E-state index contributed by atoms with van der Waals surface area (Å²) in [4.78, 5) is 32.3. The molecule has 2 N–H and O–H groups in total. The van der Waals surface area contributed by atoms with Gasteiger partial charge in [-0.15, -0.1) is 0 Å². The van der Waals surface area contributed by atoms with Crippen LogP contribution in [0.1, 0.15) is 33.1 Å². The number of Topliss-reactive ketones (excluding diaryl/α,β-unsaturated/α-hetero) is 1. The molecular weight excluding hydrogens is 506 g/mol. The molecule has 7 nitrogen and oxygen atoms in total. The summed E-state index contributed by atoms with van der Waals surface area (Å²) >= 11 is 0. The molecule has 4 aliphatic carbocycles. The van der Waals surface area contributed by atoms with Crippen LogP contribution in [0.4, 0.5) is 14.8 Å².